The molecule has 0 saturated heterocycles. The fraction of sp³-hybridized carbons (Fsp3) is 0.115. The van der Waals surface area contributed by atoms with Crippen LogP contribution in [0.5, 0.6) is 6.01 Å². The van der Waals surface area contributed by atoms with E-state index in [0.29, 0.717) is 16.6 Å². The minimum atomic E-state index is -2.03. The number of imidazole rings is 1. The molecule has 4 aromatic rings. The van der Waals surface area contributed by atoms with Crippen molar-refractivity contribution in [1.29, 1.82) is 0 Å². The molecule has 1 aromatic heterocycles. The molecule has 5 rings (SSSR count). The van der Waals surface area contributed by atoms with Gasteiger partial charge >= 0.3 is 12.1 Å². The van der Waals surface area contributed by atoms with E-state index in [-0.39, 0.29) is 28.4 Å². The van der Waals surface area contributed by atoms with Crippen LogP contribution in [0, 0.1) is 17.7 Å². The number of H-pyrrole nitrogens is 1. The maximum absolute atomic E-state index is 15.5. The Hall–Kier alpha value is -4.68. The van der Waals surface area contributed by atoms with Gasteiger partial charge in [0, 0.05) is 23.7 Å². The smallest absolute Gasteiger partial charge is 0.375 e. The highest BCUT2D eigenvalue weighted by Gasteiger charge is 2.51. The Balaban J connectivity index is 1.71. The van der Waals surface area contributed by atoms with Gasteiger partial charge in [0.05, 0.1) is 22.3 Å². The summed E-state index contributed by atoms with van der Waals surface area (Å²) in [7, 11) is 1.42. The molecule has 0 saturated carbocycles. The van der Waals surface area contributed by atoms with E-state index in [2.05, 4.69) is 27.1 Å². The summed E-state index contributed by atoms with van der Waals surface area (Å²) in [5.41, 5.74) is -0.298. The molecule has 174 valence electrons. The number of aliphatic hydroxyl groups is 1. The zero-order valence-corrected chi connectivity index (χ0v) is 18.7. The lowest BCUT2D eigenvalue weighted by Crippen LogP contribution is -2.45. The molecule has 2 heterocycles. The number of ether oxygens (including phenoxy) is 1. The van der Waals surface area contributed by atoms with Gasteiger partial charge in [-0.1, -0.05) is 36.3 Å². The highest BCUT2D eigenvalue weighted by Crippen LogP contribution is 2.46. The van der Waals surface area contributed by atoms with Crippen molar-refractivity contribution in [3.05, 3.63) is 88.7 Å². The van der Waals surface area contributed by atoms with Gasteiger partial charge in [-0.25, -0.2) is 9.18 Å². The molecule has 8 nitrogen and oxygen atoms in total. The average Bonchev–Trinajstić information content (AvgIpc) is 3.36. The number of carbonyl (C=O) groups is 2. The number of hydrogen-bond donors (Lipinski definition) is 3. The van der Waals surface area contributed by atoms with Crippen LogP contribution < -0.4 is 15.0 Å². The molecule has 1 aliphatic heterocycles. The van der Waals surface area contributed by atoms with Crippen molar-refractivity contribution in [2.24, 2.45) is 0 Å². The Labute approximate surface area is 199 Å². The summed E-state index contributed by atoms with van der Waals surface area (Å²) < 4.78 is 20.5. The van der Waals surface area contributed by atoms with E-state index in [0.717, 1.165) is 4.90 Å². The van der Waals surface area contributed by atoms with Crippen LogP contribution in [0.2, 0.25) is 0 Å². The molecule has 35 heavy (non-hydrogen) atoms. The molecule has 0 aliphatic carbocycles. The first-order chi connectivity index (χ1) is 16.9. The minimum Gasteiger partial charge on any atom is -0.375 e. The number of anilines is 1. The third-order valence-corrected chi connectivity index (χ3v) is 5.79. The summed E-state index contributed by atoms with van der Waals surface area (Å²) in [5.74, 6) is 4.07. The van der Waals surface area contributed by atoms with Crippen LogP contribution in [0.3, 0.4) is 0 Å². The van der Waals surface area contributed by atoms with Gasteiger partial charge in [0.25, 0.3) is 5.91 Å². The van der Waals surface area contributed by atoms with E-state index in [1.807, 2.05) is 0 Å². The molecule has 2 amide bonds. The highest BCUT2D eigenvalue weighted by molar-refractivity contribution is 6.12. The second-order valence-electron chi connectivity index (χ2n) is 7.79. The Morgan fingerprint density at radius 2 is 2.00 bits per heavy atom. The summed E-state index contributed by atoms with van der Waals surface area (Å²) in [5, 5.41) is 14.5. The second-order valence-corrected chi connectivity index (χ2v) is 7.79. The second kappa shape index (κ2) is 8.27. The van der Waals surface area contributed by atoms with Gasteiger partial charge in [0.1, 0.15) is 0 Å². The van der Waals surface area contributed by atoms with Crippen LogP contribution in [0.25, 0.3) is 11.0 Å². The normalized spacial score (nSPS) is 16.6. The van der Waals surface area contributed by atoms with Gasteiger partial charge in [0.15, 0.2) is 11.5 Å². The standard InChI is InChI=1S/C26H19FN4O4/c1-3-7-15-8-6-11-21(22(15)27)31-23(32)17-9-4-5-10-18(17)26(31,34)16-12-13-19-20(14-16)30-24(29-19)35-25(33)28-2/h4-6,8-14,34H,1-2H3,(H,28,33)(H,29,30). The summed E-state index contributed by atoms with van der Waals surface area (Å²) in [6.45, 7) is 1.58. The van der Waals surface area contributed by atoms with E-state index in [9.17, 15) is 14.7 Å². The molecule has 0 fully saturated rings. The van der Waals surface area contributed by atoms with Crippen LogP contribution >= 0.6 is 0 Å². The van der Waals surface area contributed by atoms with Crippen LogP contribution in [-0.4, -0.2) is 34.1 Å². The lowest BCUT2D eigenvalue weighted by Gasteiger charge is -2.35. The molecule has 0 radical (unpaired) electrons. The number of amides is 2. The Morgan fingerprint density at radius 3 is 2.77 bits per heavy atom. The predicted octanol–water partition coefficient (Wildman–Crippen LogP) is 3.65. The van der Waals surface area contributed by atoms with Crippen molar-refractivity contribution in [2.75, 3.05) is 11.9 Å². The van der Waals surface area contributed by atoms with Crippen LogP contribution in [0.4, 0.5) is 14.9 Å². The Morgan fingerprint density at radius 1 is 1.20 bits per heavy atom. The summed E-state index contributed by atoms with van der Waals surface area (Å²) in [6.07, 6.45) is -0.699. The third kappa shape index (κ3) is 3.39. The molecule has 9 heteroatoms. The van der Waals surface area contributed by atoms with Crippen molar-refractivity contribution < 1.29 is 23.8 Å². The number of aromatic amines is 1. The van der Waals surface area contributed by atoms with Gasteiger partial charge < -0.3 is 20.1 Å². The fourth-order valence-electron chi connectivity index (χ4n) is 4.24. The topological polar surface area (TPSA) is 108 Å². The number of carbonyl (C=O) groups excluding carboxylic acids is 2. The minimum absolute atomic E-state index is 0.0415. The quantitative estimate of drug-likeness (QED) is 0.396. The van der Waals surface area contributed by atoms with Crippen LogP contribution in [0.1, 0.15) is 34.0 Å². The fourth-order valence-corrected chi connectivity index (χ4v) is 4.24. The SMILES string of the molecule is CC#Cc1cccc(N2C(=O)c3ccccc3C2(O)c2ccc3nc(OC(=O)NC)[nH]c3c2)c1F. The van der Waals surface area contributed by atoms with E-state index in [1.165, 1.54) is 19.2 Å². The van der Waals surface area contributed by atoms with E-state index < -0.39 is 23.5 Å². The molecule has 1 unspecified atom stereocenters. The number of nitrogens with one attached hydrogen (secondary N) is 2. The van der Waals surface area contributed by atoms with Gasteiger partial charge in [-0.05, 0) is 37.3 Å². The van der Waals surface area contributed by atoms with E-state index in [1.54, 1.807) is 55.5 Å². The lowest BCUT2D eigenvalue weighted by molar-refractivity contribution is 0.0699. The molecule has 0 spiro atoms. The first-order valence-corrected chi connectivity index (χ1v) is 10.7. The molecular weight excluding hydrogens is 451 g/mol. The monoisotopic (exact) mass is 470 g/mol. The Bertz CT molecular complexity index is 1570. The number of nitrogens with zero attached hydrogens (tertiary/aromatic N) is 2. The van der Waals surface area contributed by atoms with Crippen molar-refractivity contribution >= 4 is 28.7 Å². The number of benzene rings is 3. The maximum atomic E-state index is 15.5. The maximum Gasteiger partial charge on any atom is 0.414 e. The predicted molar refractivity (Wildman–Crippen MR) is 126 cm³/mol. The zero-order valence-electron chi connectivity index (χ0n) is 18.7. The molecule has 0 bridgehead atoms. The largest absolute Gasteiger partial charge is 0.414 e. The van der Waals surface area contributed by atoms with Gasteiger partial charge in [-0.3, -0.25) is 9.69 Å². The van der Waals surface area contributed by atoms with Crippen molar-refractivity contribution in [3.63, 3.8) is 0 Å². The average molecular weight is 470 g/mol. The van der Waals surface area contributed by atoms with E-state index >= 15 is 4.39 Å². The lowest BCUT2D eigenvalue weighted by atomic mass is 9.93. The van der Waals surface area contributed by atoms with Crippen molar-refractivity contribution in [1.82, 2.24) is 15.3 Å². The van der Waals surface area contributed by atoms with E-state index in [4.69, 9.17) is 4.74 Å². The zero-order chi connectivity index (χ0) is 24.7. The molecule has 1 aliphatic rings. The molecule has 1 atom stereocenters. The molecule has 3 N–H and O–H groups in total. The summed E-state index contributed by atoms with van der Waals surface area (Å²) in [6, 6.07) is 15.8. The number of rotatable bonds is 3. The van der Waals surface area contributed by atoms with Crippen LogP contribution in [0.15, 0.2) is 60.7 Å². The highest BCUT2D eigenvalue weighted by atomic mass is 19.1. The van der Waals surface area contributed by atoms with Gasteiger partial charge in [0.2, 0.25) is 0 Å². The molecular formula is C26H19FN4O4. The van der Waals surface area contributed by atoms with Gasteiger partial charge in [-0.15, -0.1) is 5.92 Å². The Kier molecular flexibility index (Phi) is 5.23. The van der Waals surface area contributed by atoms with Crippen molar-refractivity contribution in [2.45, 2.75) is 12.6 Å². The number of hydrogen-bond acceptors (Lipinski definition) is 5. The molecule has 3 aromatic carbocycles. The first kappa shape index (κ1) is 22.1. The number of halogens is 1. The summed E-state index contributed by atoms with van der Waals surface area (Å²) >= 11 is 0. The van der Waals surface area contributed by atoms with Crippen LogP contribution in [-0.2, 0) is 5.72 Å². The summed E-state index contributed by atoms with van der Waals surface area (Å²) in [4.78, 5) is 33.2. The van der Waals surface area contributed by atoms with Gasteiger partial charge in [-0.2, -0.15) is 4.98 Å². The first-order valence-electron chi connectivity index (χ1n) is 10.7. The number of aromatic nitrogens is 2. The third-order valence-electron chi connectivity index (χ3n) is 5.79. The number of fused-ring (bicyclic) bond motifs is 2. The van der Waals surface area contributed by atoms with Crippen molar-refractivity contribution in [3.8, 4) is 17.9 Å².